The van der Waals surface area contributed by atoms with Gasteiger partial charge in [0, 0.05) is 18.8 Å². The Morgan fingerprint density at radius 3 is 2.69 bits per heavy atom. The van der Waals surface area contributed by atoms with Crippen LogP contribution in [0.1, 0.15) is 15.9 Å². The van der Waals surface area contributed by atoms with Crippen LogP contribution in [0.3, 0.4) is 0 Å². The minimum absolute atomic E-state index is 0.000741. The molecule has 0 atom stereocenters. The maximum atomic E-state index is 12.1. The van der Waals surface area contributed by atoms with E-state index in [2.05, 4.69) is 0 Å². The van der Waals surface area contributed by atoms with Gasteiger partial charge >= 0.3 is 0 Å². The van der Waals surface area contributed by atoms with Crippen molar-refractivity contribution in [2.45, 2.75) is 6.92 Å². The average molecular weight is 220 g/mol. The molecule has 0 radical (unpaired) electrons. The summed E-state index contributed by atoms with van der Waals surface area (Å²) >= 11 is 0. The second-order valence-electron chi connectivity index (χ2n) is 4.00. The minimum Gasteiger partial charge on any atom is -0.398 e. The van der Waals surface area contributed by atoms with Crippen molar-refractivity contribution in [1.29, 1.82) is 0 Å². The molecule has 1 aromatic rings. The number of hydrogen-bond acceptors (Lipinski definition) is 3. The first-order valence-electron chi connectivity index (χ1n) is 5.41. The fourth-order valence-corrected chi connectivity index (χ4v) is 1.81. The number of benzene rings is 1. The number of amides is 1. The molecule has 86 valence electrons. The monoisotopic (exact) mass is 220 g/mol. The lowest BCUT2D eigenvalue weighted by Crippen LogP contribution is -2.40. The van der Waals surface area contributed by atoms with Gasteiger partial charge in [-0.3, -0.25) is 4.79 Å². The number of aryl methyl sites for hydroxylation is 1. The molecule has 1 saturated heterocycles. The van der Waals surface area contributed by atoms with Crippen LogP contribution in [-0.4, -0.2) is 37.1 Å². The van der Waals surface area contributed by atoms with Gasteiger partial charge in [0.05, 0.1) is 18.8 Å². The number of nitrogen functional groups attached to an aromatic ring is 1. The molecule has 1 fully saturated rings. The number of hydrogen-bond donors (Lipinski definition) is 1. The fourth-order valence-electron chi connectivity index (χ4n) is 1.81. The Hall–Kier alpha value is -1.55. The number of rotatable bonds is 1. The Morgan fingerprint density at radius 1 is 1.38 bits per heavy atom. The highest BCUT2D eigenvalue weighted by Gasteiger charge is 2.19. The third-order valence-electron chi connectivity index (χ3n) is 2.74. The first kappa shape index (κ1) is 11.0. The molecule has 0 spiro atoms. The van der Waals surface area contributed by atoms with Crippen molar-refractivity contribution in [3.63, 3.8) is 0 Å². The van der Waals surface area contributed by atoms with E-state index in [-0.39, 0.29) is 5.91 Å². The Morgan fingerprint density at radius 2 is 2.06 bits per heavy atom. The van der Waals surface area contributed by atoms with Crippen LogP contribution in [-0.2, 0) is 4.74 Å². The molecule has 2 N–H and O–H groups in total. The van der Waals surface area contributed by atoms with Gasteiger partial charge in [0.1, 0.15) is 0 Å². The van der Waals surface area contributed by atoms with Crippen molar-refractivity contribution in [2.75, 3.05) is 32.0 Å². The number of anilines is 1. The summed E-state index contributed by atoms with van der Waals surface area (Å²) < 4.78 is 5.21. The highest BCUT2D eigenvalue weighted by Crippen LogP contribution is 2.16. The number of morpholine rings is 1. The van der Waals surface area contributed by atoms with Crippen molar-refractivity contribution in [2.24, 2.45) is 0 Å². The number of nitrogens with two attached hydrogens (primary N) is 1. The zero-order valence-corrected chi connectivity index (χ0v) is 9.40. The van der Waals surface area contributed by atoms with E-state index in [0.717, 1.165) is 5.56 Å². The molecule has 0 saturated carbocycles. The van der Waals surface area contributed by atoms with Gasteiger partial charge in [-0.05, 0) is 24.6 Å². The Labute approximate surface area is 95.0 Å². The zero-order valence-electron chi connectivity index (χ0n) is 9.40. The summed E-state index contributed by atoms with van der Waals surface area (Å²) in [6.45, 7) is 4.46. The lowest BCUT2D eigenvalue weighted by Gasteiger charge is -2.27. The van der Waals surface area contributed by atoms with E-state index in [4.69, 9.17) is 10.5 Å². The van der Waals surface area contributed by atoms with Gasteiger partial charge in [-0.1, -0.05) is 6.07 Å². The lowest BCUT2D eigenvalue weighted by molar-refractivity contribution is 0.0303. The van der Waals surface area contributed by atoms with Crippen molar-refractivity contribution < 1.29 is 9.53 Å². The van der Waals surface area contributed by atoms with E-state index in [0.29, 0.717) is 37.6 Å². The number of carbonyl (C=O) groups is 1. The average Bonchev–Trinajstić information content (AvgIpc) is 2.29. The molecule has 2 rings (SSSR count). The molecule has 16 heavy (non-hydrogen) atoms. The topological polar surface area (TPSA) is 55.6 Å². The molecular formula is C12H16N2O2. The molecule has 1 aliphatic rings. The van der Waals surface area contributed by atoms with Crippen LogP contribution >= 0.6 is 0 Å². The third kappa shape index (κ3) is 2.17. The van der Waals surface area contributed by atoms with E-state index in [9.17, 15) is 4.79 Å². The Kier molecular flexibility index (Phi) is 3.10. The number of carbonyl (C=O) groups excluding carboxylic acids is 1. The van der Waals surface area contributed by atoms with Gasteiger partial charge in [-0.25, -0.2) is 0 Å². The maximum Gasteiger partial charge on any atom is 0.256 e. The summed E-state index contributed by atoms with van der Waals surface area (Å²) in [7, 11) is 0. The van der Waals surface area contributed by atoms with Crippen molar-refractivity contribution in [3.05, 3.63) is 29.3 Å². The second-order valence-corrected chi connectivity index (χ2v) is 4.00. The summed E-state index contributed by atoms with van der Waals surface area (Å²) in [4.78, 5) is 13.9. The Balaban J connectivity index is 2.19. The molecule has 0 aromatic heterocycles. The second kappa shape index (κ2) is 4.53. The van der Waals surface area contributed by atoms with Gasteiger partial charge in [0.25, 0.3) is 5.91 Å². The van der Waals surface area contributed by atoms with Gasteiger partial charge in [0.15, 0.2) is 0 Å². The highest BCUT2D eigenvalue weighted by atomic mass is 16.5. The molecule has 1 amide bonds. The summed E-state index contributed by atoms with van der Waals surface area (Å²) in [5.41, 5.74) is 8.06. The fraction of sp³-hybridized carbons (Fsp3) is 0.417. The van der Waals surface area contributed by atoms with Crippen LogP contribution in [0.15, 0.2) is 18.2 Å². The molecule has 1 heterocycles. The third-order valence-corrected chi connectivity index (χ3v) is 2.74. The van der Waals surface area contributed by atoms with Gasteiger partial charge in [-0.15, -0.1) is 0 Å². The van der Waals surface area contributed by atoms with Crippen LogP contribution in [0.2, 0.25) is 0 Å². The number of ether oxygens (including phenoxy) is 1. The number of nitrogens with zero attached hydrogens (tertiary/aromatic N) is 1. The molecule has 0 unspecified atom stereocenters. The zero-order chi connectivity index (χ0) is 11.5. The first-order valence-corrected chi connectivity index (χ1v) is 5.41. The Bertz CT molecular complexity index is 398. The van der Waals surface area contributed by atoms with Gasteiger partial charge < -0.3 is 15.4 Å². The van der Waals surface area contributed by atoms with Gasteiger partial charge in [-0.2, -0.15) is 0 Å². The van der Waals surface area contributed by atoms with E-state index < -0.39 is 0 Å². The largest absolute Gasteiger partial charge is 0.398 e. The summed E-state index contributed by atoms with van der Waals surface area (Å²) in [5, 5.41) is 0. The molecule has 0 bridgehead atoms. The minimum atomic E-state index is 0.000741. The summed E-state index contributed by atoms with van der Waals surface area (Å²) in [6.07, 6.45) is 0. The summed E-state index contributed by atoms with van der Waals surface area (Å²) in [5.74, 6) is 0.000741. The SMILES string of the molecule is Cc1ccc(C(=O)N2CCOCC2)c(N)c1. The predicted molar refractivity (Wildman–Crippen MR) is 62.3 cm³/mol. The standard InChI is InChI=1S/C12H16N2O2/c1-9-2-3-10(11(13)8-9)12(15)14-4-6-16-7-5-14/h2-3,8H,4-7,13H2,1H3. The normalized spacial score (nSPS) is 16.2. The summed E-state index contributed by atoms with van der Waals surface area (Å²) in [6, 6.07) is 5.53. The van der Waals surface area contributed by atoms with Crippen LogP contribution in [0, 0.1) is 6.92 Å². The smallest absolute Gasteiger partial charge is 0.256 e. The molecular weight excluding hydrogens is 204 g/mol. The van der Waals surface area contributed by atoms with Crippen molar-refractivity contribution in [3.8, 4) is 0 Å². The quantitative estimate of drug-likeness (QED) is 0.720. The molecule has 1 aliphatic heterocycles. The van der Waals surface area contributed by atoms with E-state index in [1.807, 2.05) is 19.1 Å². The van der Waals surface area contributed by atoms with Crippen LogP contribution < -0.4 is 5.73 Å². The van der Waals surface area contributed by atoms with E-state index in [1.54, 1.807) is 11.0 Å². The van der Waals surface area contributed by atoms with Gasteiger partial charge in [0.2, 0.25) is 0 Å². The van der Waals surface area contributed by atoms with E-state index >= 15 is 0 Å². The first-order chi connectivity index (χ1) is 7.68. The van der Waals surface area contributed by atoms with Crippen LogP contribution in [0.25, 0.3) is 0 Å². The maximum absolute atomic E-state index is 12.1. The molecule has 4 heteroatoms. The van der Waals surface area contributed by atoms with Crippen molar-refractivity contribution in [1.82, 2.24) is 4.90 Å². The van der Waals surface area contributed by atoms with Crippen molar-refractivity contribution >= 4 is 11.6 Å². The lowest BCUT2D eigenvalue weighted by atomic mass is 10.1. The van der Waals surface area contributed by atoms with E-state index in [1.165, 1.54) is 0 Å². The van der Waals surface area contributed by atoms with Crippen LogP contribution in [0.4, 0.5) is 5.69 Å². The molecule has 1 aromatic carbocycles. The van der Waals surface area contributed by atoms with Crippen LogP contribution in [0.5, 0.6) is 0 Å². The molecule has 0 aliphatic carbocycles. The predicted octanol–water partition coefficient (Wildman–Crippen LogP) is 1.05. The highest BCUT2D eigenvalue weighted by molar-refractivity contribution is 5.99. The molecule has 4 nitrogen and oxygen atoms in total.